The SMILES string of the molecule is Cc1cc(C)c2c(C)cc(-c3ncnc4oc5c6ccccc6ccc5c34)cc2c1. The van der Waals surface area contributed by atoms with Crippen molar-refractivity contribution in [3.05, 3.63) is 83.7 Å². The molecule has 0 bridgehead atoms. The van der Waals surface area contributed by atoms with E-state index >= 15 is 0 Å². The molecule has 0 spiro atoms. The first-order valence-electron chi connectivity index (χ1n) is 10.2. The highest BCUT2D eigenvalue weighted by Gasteiger charge is 2.17. The zero-order valence-electron chi connectivity index (χ0n) is 17.2. The lowest BCUT2D eigenvalue weighted by Gasteiger charge is -2.11. The summed E-state index contributed by atoms with van der Waals surface area (Å²) in [7, 11) is 0. The molecule has 6 rings (SSSR count). The Balaban J connectivity index is 1.72. The molecule has 4 aromatic carbocycles. The molecule has 0 aliphatic rings. The van der Waals surface area contributed by atoms with E-state index in [-0.39, 0.29) is 0 Å². The molecule has 0 N–H and O–H groups in total. The number of furan rings is 1. The predicted molar refractivity (Wildman–Crippen MR) is 124 cm³/mol. The summed E-state index contributed by atoms with van der Waals surface area (Å²) in [5.74, 6) is 0. The van der Waals surface area contributed by atoms with E-state index in [1.807, 2.05) is 12.1 Å². The van der Waals surface area contributed by atoms with Crippen LogP contribution in [0.3, 0.4) is 0 Å². The molecule has 0 unspecified atom stereocenters. The van der Waals surface area contributed by atoms with Crippen LogP contribution in [0.1, 0.15) is 16.7 Å². The molecular weight excluding hydrogens is 368 g/mol. The van der Waals surface area contributed by atoms with E-state index in [0.717, 1.165) is 38.4 Å². The van der Waals surface area contributed by atoms with Crippen molar-refractivity contribution in [2.75, 3.05) is 0 Å². The van der Waals surface area contributed by atoms with E-state index in [9.17, 15) is 0 Å². The van der Waals surface area contributed by atoms with Gasteiger partial charge in [0.1, 0.15) is 11.9 Å². The third-order valence-electron chi connectivity index (χ3n) is 6.02. The maximum absolute atomic E-state index is 6.23. The van der Waals surface area contributed by atoms with Crippen LogP contribution in [0.5, 0.6) is 0 Å². The summed E-state index contributed by atoms with van der Waals surface area (Å²) in [6.45, 7) is 6.50. The maximum Gasteiger partial charge on any atom is 0.231 e. The molecule has 0 radical (unpaired) electrons. The minimum atomic E-state index is 0.629. The van der Waals surface area contributed by atoms with Crippen molar-refractivity contribution in [2.24, 2.45) is 0 Å². The molecule has 6 aromatic rings. The van der Waals surface area contributed by atoms with Crippen molar-refractivity contribution in [1.29, 1.82) is 0 Å². The molecule has 0 atom stereocenters. The van der Waals surface area contributed by atoms with Gasteiger partial charge < -0.3 is 4.42 Å². The standard InChI is InChI=1S/C27H20N2O/c1-15-10-16(2)23-17(3)12-20(13-19(23)11-15)25-24-22-9-8-18-6-4-5-7-21(18)26(22)30-27(24)29-14-28-25/h4-14H,1-3H3. The lowest BCUT2D eigenvalue weighted by molar-refractivity contribution is 0.656. The second kappa shape index (κ2) is 6.14. The average Bonchev–Trinajstić information content (AvgIpc) is 3.12. The first-order chi connectivity index (χ1) is 14.6. The predicted octanol–water partition coefficient (Wildman–Crippen LogP) is 7.27. The molecule has 3 heteroatoms. The van der Waals surface area contributed by atoms with Crippen LogP contribution in [-0.2, 0) is 0 Å². The Morgan fingerprint density at radius 1 is 0.700 bits per heavy atom. The molecule has 0 aliphatic carbocycles. The molecule has 30 heavy (non-hydrogen) atoms. The normalized spacial score (nSPS) is 11.8. The highest BCUT2D eigenvalue weighted by Crippen LogP contribution is 2.39. The number of rotatable bonds is 1. The van der Waals surface area contributed by atoms with Gasteiger partial charge in [0, 0.05) is 16.3 Å². The minimum absolute atomic E-state index is 0.629. The van der Waals surface area contributed by atoms with Crippen LogP contribution in [0.25, 0.3) is 54.9 Å². The molecule has 3 nitrogen and oxygen atoms in total. The van der Waals surface area contributed by atoms with Gasteiger partial charge in [-0.3, -0.25) is 0 Å². The van der Waals surface area contributed by atoms with Crippen molar-refractivity contribution < 1.29 is 4.42 Å². The highest BCUT2D eigenvalue weighted by atomic mass is 16.3. The largest absolute Gasteiger partial charge is 0.437 e. The van der Waals surface area contributed by atoms with Gasteiger partial charge in [0.2, 0.25) is 5.71 Å². The number of aryl methyl sites for hydroxylation is 3. The lowest BCUT2D eigenvalue weighted by Crippen LogP contribution is -1.91. The fraction of sp³-hybridized carbons (Fsp3) is 0.111. The molecule has 2 heterocycles. The summed E-state index contributed by atoms with van der Waals surface area (Å²) < 4.78 is 6.23. The monoisotopic (exact) mass is 388 g/mol. The topological polar surface area (TPSA) is 38.9 Å². The second-order valence-corrected chi connectivity index (χ2v) is 8.14. The number of hydrogen-bond donors (Lipinski definition) is 0. The lowest BCUT2D eigenvalue weighted by atomic mass is 9.94. The fourth-order valence-corrected chi connectivity index (χ4v) is 4.86. The van der Waals surface area contributed by atoms with E-state index in [2.05, 4.69) is 74.3 Å². The first-order valence-corrected chi connectivity index (χ1v) is 10.2. The van der Waals surface area contributed by atoms with Crippen molar-refractivity contribution in [3.8, 4) is 11.3 Å². The van der Waals surface area contributed by atoms with Crippen LogP contribution in [0.4, 0.5) is 0 Å². The van der Waals surface area contributed by atoms with Crippen molar-refractivity contribution in [3.63, 3.8) is 0 Å². The van der Waals surface area contributed by atoms with Crippen molar-refractivity contribution >= 4 is 43.6 Å². The zero-order chi connectivity index (χ0) is 20.4. The maximum atomic E-state index is 6.23. The highest BCUT2D eigenvalue weighted by molar-refractivity contribution is 6.17. The van der Waals surface area contributed by atoms with Gasteiger partial charge in [-0.15, -0.1) is 0 Å². The molecule has 0 saturated carbocycles. The summed E-state index contributed by atoms with van der Waals surface area (Å²) in [4.78, 5) is 9.15. The molecule has 144 valence electrons. The Labute approximate surface area is 174 Å². The van der Waals surface area contributed by atoms with Gasteiger partial charge in [-0.05, 0) is 66.3 Å². The third kappa shape index (κ3) is 2.38. The van der Waals surface area contributed by atoms with Crippen LogP contribution in [0, 0.1) is 20.8 Å². The Bertz CT molecular complexity index is 1630. The van der Waals surface area contributed by atoms with Gasteiger partial charge in [0.15, 0.2) is 0 Å². The summed E-state index contributed by atoms with van der Waals surface area (Å²) in [5.41, 5.74) is 7.33. The molecular formula is C27H20N2O. The van der Waals surface area contributed by atoms with Crippen LogP contribution in [0.2, 0.25) is 0 Å². The first kappa shape index (κ1) is 17.2. The number of fused-ring (bicyclic) bond motifs is 6. The van der Waals surface area contributed by atoms with Crippen LogP contribution < -0.4 is 0 Å². The summed E-state index contributed by atoms with van der Waals surface area (Å²) in [6, 6.07) is 21.5. The van der Waals surface area contributed by atoms with Gasteiger partial charge in [0.05, 0.1) is 11.1 Å². The molecule has 0 amide bonds. The quantitative estimate of drug-likeness (QED) is 0.297. The molecule has 0 aliphatic heterocycles. The summed E-state index contributed by atoms with van der Waals surface area (Å²) in [6.07, 6.45) is 1.60. The average molecular weight is 388 g/mol. The van der Waals surface area contributed by atoms with Gasteiger partial charge >= 0.3 is 0 Å². The van der Waals surface area contributed by atoms with E-state index in [1.54, 1.807) is 6.33 Å². The molecule has 2 aromatic heterocycles. The van der Waals surface area contributed by atoms with E-state index < -0.39 is 0 Å². The van der Waals surface area contributed by atoms with Gasteiger partial charge in [-0.1, -0.05) is 48.0 Å². The van der Waals surface area contributed by atoms with Gasteiger partial charge in [-0.25, -0.2) is 9.97 Å². The van der Waals surface area contributed by atoms with E-state index in [4.69, 9.17) is 9.40 Å². The third-order valence-corrected chi connectivity index (χ3v) is 6.02. The number of hydrogen-bond acceptors (Lipinski definition) is 3. The van der Waals surface area contributed by atoms with Gasteiger partial charge in [0.25, 0.3) is 0 Å². The van der Waals surface area contributed by atoms with Gasteiger partial charge in [-0.2, -0.15) is 0 Å². The summed E-state index contributed by atoms with van der Waals surface area (Å²) in [5, 5.41) is 6.84. The number of aromatic nitrogens is 2. The van der Waals surface area contributed by atoms with E-state index in [1.165, 1.54) is 27.5 Å². The Kier molecular flexibility index (Phi) is 3.51. The number of benzene rings is 4. The Hall–Kier alpha value is -3.72. The summed E-state index contributed by atoms with van der Waals surface area (Å²) >= 11 is 0. The van der Waals surface area contributed by atoms with Crippen LogP contribution in [-0.4, -0.2) is 9.97 Å². The fourth-order valence-electron chi connectivity index (χ4n) is 4.86. The second-order valence-electron chi connectivity index (χ2n) is 8.14. The zero-order valence-corrected chi connectivity index (χ0v) is 17.2. The molecule has 0 fully saturated rings. The van der Waals surface area contributed by atoms with Crippen LogP contribution >= 0.6 is 0 Å². The molecule has 0 saturated heterocycles. The minimum Gasteiger partial charge on any atom is -0.437 e. The Morgan fingerprint density at radius 3 is 2.43 bits per heavy atom. The van der Waals surface area contributed by atoms with Crippen molar-refractivity contribution in [1.82, 2.24) is 9.97 Å². The van der Waals surface area contributed by atoms with Crippen LogP contribution in [0.15, 0.2) is 71.4 Å². The van der Waals surface area contributed by atoms with E-state index in [0.29, 0.717) is 5.71 Å². The van der Waals surface area contributed by atoms with Crippen molar-refractivity contribution in [2.45, 2.75) is 20.8 Å². The number of nitrogens with zero attached hydrogens (tertiary/aromatic N) is 2. The Morgan fingerprint density at radius 2 is 1.53 bits per heavy atom. The smallest absolute Gasteiger partial charge is 0.231 e.